The lowest BCUT2D eigenvalue weighted by molar-refractivity contribution is 0.252. The van der Waals surface area contributed by atoms with Crippen LogP contribution in [0.2, 0.25) is 0 Å². The predicted molar refractivity (Wildman–Crippen MR) is 107 cm³/mol. The molecular formula is C21H23FN6. The molecule has 0 radical (unpaired) electrons. The fourth-order valence-electron chi connectivity index (χ4n) is 3.75. The zero-order chi connectivity index (χ0) is 19.3. The zero-order valence-corrected chi connectivity index (χ0v) is 15.7. The Balaban J connectivity index is 1.22. The van der Waals surface area contributed by atoms with E-state index in [9.17, 15) is 4.39 Å². The molecule has 1 fully saturated rings. The Morgan fingerprint density at radius 2 is 1.89 bits per heavy atom. The minimum absolute atomic E-state index is 0.401. The quantitative estimate of drug-likeness (QED) is 0.668. The highest BCUT2D eigenvalue weighted by Gasteiger charge is 2.18. The first-order valence-electron chi connectivity index (χ1n) is 9.68. The molecule has 3 aromatic rings. The molecule has 144 valence electrons. The van der Waals surface area contributed by atoms with Gasteiger partial charge in [-0.2, -0.15) is 5.26 Å². The number of hydrogen-bond donors (Lipinski definition) is 1. The number of aryl methyl sites for hydroxylation is 1. The summed E-state index contributed by atoms with van der Waals surface area (Å²) < 4.78 is 12.9. The molecule has 1 aromatic carbocycles. The van der Waals surface area contributed by atoms with Crippen LogP contribution in [-0.2, 0) is 6.42 Å². The number of H-pyrrole nitrogens is 1. The molecule has 0 bridgehead atoms. The molecule has 1 aliphatic rings. The molecule has 7 heteroatoms. The molecule has 2 aromatic heterocycles. The Bertz CT molecular complexity index is 967. The summed E-state index contributed by atoms with van der Waals surface area (Å²) in [5, 5.41) is 10.3. The molecule has 0 atom stereocenters. The maximum atomic E-state index is 12.9. The number of aromatic amines is 1. The van der Waals surface area contributed by atoms with Crippen LogP contribution in [0.3, 0.4) is 0 Å². The van der Waals surface area contributed by atoms with E-state index in [1.54, 1.807) is 0 Å². The number of aromatic nitrogens is 3. The first-order valence-corrected chi connectivity index (χ1v) is 9.68. The topological polar surface area (TPSA) is 71.8 Å². The monoisotopic (exact) mass is 378 g/mol. The summed E-state index contributed by atoms with van der Waals surface area (Å²) in [6, 6.07) is 8.00. The van der Waals surface area contributed by atoms with Crippen molar-refractivity contribution in [2.24, 2.45) is 0 Å². The minimum atomic E-state index is -0.401. The molecule has 4 rings (SSSR count). The van der Waals surface area contributed by atoms with Crippen LogP contribution in [0.5, 0.6) is 0 Å². The van der Waals surface area contributed by atoms with Crippen LogP contribution in [0.4, 0.5) is 10.3 Å². The second-order valence-corrected chi connectivity index (χ2v) is 7.17. The van der Waals surface area contributed by atoms with Crippen molar-refractivity contribution >= 4 is 16.9 Å². The first-order chi connectivity index (χ1) is 13.7. The van der Waals surface area contributed by atoms with Gasteiger partial charge in [0, 0.05) is 43.3 Å². The summed E-state index contributed by atoms with van der Waals surface area (Å²) in [5.74, 6) is 0.207. The SMILES string of the molecule is N#Cc1ccc2[nH]cc(CCCCN3CCN(c4ncc(F)cn4)CC3)c2c1. The van der Waals surface area contributed by atoms with Crippen molar-refractivity contribution in [2.75, 3.05) is 37.6 Å². The molecule has 0 saturated carbocycles. The number of piperazine rings is 1. The first kappa shape index (κ1) is 18.4. The van der Waals surface area contributed by atoms with E-state index in [1.807, 2.05) is 18.2 Å². The summed E-state index contributed by atoms with van der Waals surface area (Å²) in [4.78, 5) is 16.0. The van der Waals surface area contributed by atoms with Crippen LogP contribution in [0.15, 0.2) is 36.8 Å². The van der Waals surface area contributed by atoms with Crippen LogP contribution in [-0.4, -0.2) is 52.6 Å². The molecule has 0 unspecified atom stereocenters. The molecule has 1 aliphatic heterocycles. The summed E-state index contributed by atoms with van der Waals surface area (Å²) >= 11 is 0. The number of benzene rings is 1. The van der Waals surface area contributed by atoms with E-state index in [0.29, 0.717) is 11.5 Å². The summed E-state index contributed by atoms with van der Waals surface area (Å²) in [5.41, 5.74) is 3.08. The maximum absolute atomic E-state index is 12.9. The van der Waals surface area contributed by atoms with Gasteiger partial charge in [0.15, 0.2) is 5.82 Å². The van der Waals surface area contributed by atoms with Gasteiger partial charge < -0.3 is 9.88 Å². The molecule has 0 amide bonds. The Hall–Kier alpha value is -2.98. The van der Waals surface area contributed by atoms with E-state index in [4.69, 9.17) is 5.26 Å². The van der Waals surface area contributed by atoms with Crippen LogP contribution < -0.4 is 4.90 Å². The lowest BCUT2D eigenvalue weighted by atomic mass is 10.1. The van der Waals surface area contributed by atoms with Gasteiger partial charge in [0.05, 0.1) is 24.0 Å². The van der Waals surface area contributed by atoms with Crippen LogP contribution >= 0.6 is 0 Å². The van der Waals surface area contributed by atoms with E-state index < -0.39 is 5.82 Å². The molecule has 1 saturated heterocycles. The fraction of sp³-hybridized carbons (Fsp3) is 0.381. The second-order valence-electron chi connectivity index (χ2n) is 7.17. The lowest BCUT2D eigenvalue weighted by Crippen LogP contribution is -2.47. The molecule has 0 spiro atoms. The smallest absolute Gasteiger partial charge is 0.225 e. The fourth-order valence-corrected chi connectivity index (χ4v) is 3.75. The Kier molecular flexibility index (Phi) is 5.49. The van der Waals surface area contributed by atoms with Gasteiger partial charge in [-0.3, -0.25) is 4.90 Å². The van der Waals surface area contributed by atoms with Gasteiger partial charge >= 0.3 is 0 Å². The van der Waals surface area contributed by atoms with Crippen LogP contribution in [0.25, 0.3) is 10.9 Å². The third-order valence-corrected chi connectivity index (χ3v) is 5.33. The molecular weight excluding hydrogens is 355 g/mol. The highest BCUT2D eigenvalue weighted by molar-refractivity contribution is 5.84. The van der Waals surface area contributed by atoms with Gasteiger partial charge in [-0.25, -0.2) is 14.4 Å². The standard InChI is InChI=1S/C21H23FN6/c22-18-14-25-21(26-15-18)28-9-7-27(8-10-28)6-2-1-3-17-13-24-20-5-4-16(12-23)11-19(17)20/h4-5,11,13-15,24H,1-3,6-10H2. The number of fused-ring (bicyclic) bond motifs is 1. The number of unbranched alkanes of at least 4 members (excludes halogenated alkanes) is 1. The van der Waals surface area contributed by atoms with Gasteiger partial charge in [0.1, 0.15) is 0 Å². The van der Waals surface area contributed by atoms with Gasteiger partial charge in [0.25, 0.3) is 0 Å². The van der Waals surface area contributed by atoms with Crippen molar-refractivity contribution in [3.63, 3.8) is 0 Å². The molecule has 1 N–H and O–H groups in total. The average Bonchev–Trinajstić information content (AvgIpc) is 3.14. The number of nitrogens with one attached hydrogen (secondary N) is 1. The van der Waals surface area contributed by atoms with Crippen molar-refractivity contribution in [3.8, 4) is 6.07 Å². The predicted octanol–water partition coefficient (Wildman–Crippen LogP) is 3.11. The normalized spacial score (nSPS) is 15.1. The third-order valence-electron chi connectivity index (χ3n) is 5.33. The van der Waals surface area contributed by atoms with Crippen molar-refractivity contribution in [3.05, 3.63) is 53.7 Å². The van der Waals surface area contributed by atoms with E-state index in [0.717, 1.165) is 62.9 Å². The van der Waals surface area contributed by atoms with E-state index in [2.05, 4.69) is 37.0 Å². The van der Waals surface area contributed by atoms with E-state index >= 15 is 0 Å². The summed E-state index contributed by atoms with van der Waals surface area (Å²) in [6.45, 7) is 4.75. The largest absolute Gasteiger partial charge is 0.361 e. The number of anilines is 1. The van der Waals surface area contributed by atoms with E-state index in [1.165, 1.54) is 18.0 Å². The molecule has 28 heavy (non-hydrogen) atoms. The Morgan fingerprint density at radius 3 is 2.64 bits per heavy atom. The van der Waals surface area contributed by atoms with Gasteiger partial charge in [0.2, 0.25) is 5.95 Å². The Labute approximate surface area is 163 Å². The van der Waals surface area contributed by atoms with Crippen LogP contribution in [0.1, 0.15) is 24.0 Å². The zero-order valence-electron chi connectivity index (χ0n) is 15.7. The summed E-state index contributed by atoms with van der Waals surface area (Å²) in [6.07, 6.45) is 7.77. The molecule has 3 heterocycles. The minimum Gasteiger partial charge on any atom is -0.361 e. The van der Waals surface area contributed by atoms with Crippen molar-refractivity contribution in [2.45, 2.75) is 19.3 Å². The maximum Gasteiger partial charge on any atom is 0.225 e. The lowest BCUT2D eigenvalue weighted by Gasteiger charge is -2.34. The Morgan fingerprint density at radius 1 is 1.11 bits per heavy atom. The highest BCUT2D eigenvalue weighted by atomic mass is 19.1. The van der Waals surface area contributed by atoms with Crippen LogP contribution in [0, 0.1) is 17.1 Å². The van der Waals surface area contributed by atoms with Gasteiger partial charge in [-0.1, -0.05) is 0 Å². The molecule has 0 aliphatic carbocycles. The summed E-state index contributed by atoms with van der Waals surface area (Å²) in [7, 11) is 0. The van der Waals surface area contributed by atoms with Crippen molar-refractivity contribution in [1.82, 2.24) is 19.9 Å². The second kappa shape index (κ2) is 8.36. The highest BCUT2D eigenvalue weighted by Crippen LogP contribution is 2.21. The molecule has 6 nitrogen and oxygen atoms in total. The van der Waals surface area contributed by atoms with E-state index in [-0.39, 0.29) is 0 Å². The van der Waals surface area contributed by atoms with Crippen molar-refractivity contribution < 1.29 is 4.39 Å². The number of nitrogens with zero attached hydrogens (tertiary/aromatic N) is 5. The number of halogens is 1. The van der Waals surface area contributed by atoms with Gasteiger partial charge in [-0.15, -0.1) is 0 Å². The third kappa shape index (κ3) is 4.12. The average molecular weight is 378 g/mol. The van der Waals surface area contributed by atoms with Gasteiger partial charge in [-0.05, 0) is 49.6 Å². The number of rotatable bonds is 6. The number of nitriles is 1. The number of hydrogen-bond acceptors (Lipinski definition) is 5. The van der Waals surface area contributed by atoms with Crippen molar-refractivity contribution in [1.29, 1.82) is 5.26 Å².